The Morgan fingerprint density at radius 3 is 2.79 bits per heavy atom. The van der Waals surface area contributed by atoms with E-state index in [-0.39, 0.29) is 11.9 Å². The number of nitrogens with one attached hydrogen (secondary N) is 2. The molecule has 0 aromatic carbocycles. The van der Waals surface area contributed by atoms with Crippen LogP contribution < -0.4 is 10.6 Å². The van der Waals surface area contributed by atoms with Gasteiger partial charge >= 0.3 is 0 Å². The van der Waals surface area contributed by atoms with Gasteiger partial charge in [0.15, 0.2) is 0 Å². The van der Waals surface area contributed by atoms with Gasteiger partial charge in [-0.05, 0) is 13.8 Å². The minimum atomic E-state index is 0.00381. The lowest BCUT2D eigenvalue weighted by atomic mass is 10.1. The summed E-state index contributed by atoms with van der Waals surface area (Å²) in [5.41, 5.74) is 2.17. The predicted molar refractivity (Wildman–Crippen MR) is 73.8 cm³/mol. The lowest BCUT2D eigenvalue weighted by molar-refractivity contribution is -0.123. The van der Waals surface area contributed by atoms with E-state index in [9.17, 15) is 4.79 Å². The molecule has 1 unspecified atom stereocenters. The molecule has 6 nitrogen and oxygen atoms in total. The fourth-order valence-corrected chi connectivity index (χ4v) is 2.38. The summed E-state index contributed by atoms with van der Waals surface area (Å²) < 4.78 is 1.83. The number of carbonyl (C=O) groups excluding carboxylic acids is 1. The summed E-state index contributed by atoms with van der Waals surface area (Å²) in [5.74, 6) is 0.0812. The van der Waals surface area contributed by atoms with Crippen molar-refractivity contribution >= 4 is 5.91 Å². The monoisotopic (exact) mass is 265 g/mol. The maximum atomic E-state index is 12.0. The molecule has 19 heavy (non-hydrogen) atoms. The smallest absolute Gasteiger partial charge is 0.234 e. The van der Waals surface area contributed by atoms with Crippen LogP contribution in [0.5, 0.6) is 0 Å². The van der Waals surface area contributed by atoms with E-state index >= 15 is 0 Å². The highest BCUT2D eigenvalue weighted by Gasteiger charge is 2.17. The first-order chi connectivity index (χ1) is 9.08. The number of hydrogen-bond acceptors (Lipinski definition) is 4. The molecule has 2 heterocycles. The topological polar surface area (TPSA) is 62.2 Å². The Kier molecular flexibility index (Phi) is 4.55. The van der Waals surface area contributed by atoms with E-state index in [4.69, 9.17) is 0 Å². The second-order valence-electron chi connectivity index (χ2n) is 5.12. The van der Waals surface area contributed by atoms with Crippen molar-refractivity contribution in [2.75, 3.05) is 32.7 Å². The van der Waals surface area contributed by atoms with Gasteiger partial charge < -0.3 is 10.6 Å². The van der Waals surface area contributed by atoms with E-state index in [1.165, 1.54) is 0 Å². The van der Waals surface area contributed by atoms with Crippen LogP contribution in [-0.2, 0) is 11.8 Å². The van der Waals surface area contributed by atoms with Gasteiger partial charge in [-0.3, -0.25) is 14.4 Å². The summed E-state index contributed by atoms with van der Waals surface area (Å²) in [4.78, 5) is 14.2. The molecular formula is C13H23N5O. The quantitative estimate of drug-likeness (QED) is 0.792. The summed E-state index contributed by atoms with van der Waals surface area (Å²) in [5, 5.41) is 10.5. The molecule has 0 saturated carbocycles. The van der Waals surface area contributed by atoms with E-state index in [1.807, 2.05) is 31.8 Å². The lowest BCUT2D eigenvalue weighted by Gasteiger charge is -2.27. The van der Waals surface area contributed by atoms with Crippen LogP contribution >= 0.6 is 0 Å². The van der Waals surface area contributed by atoms with Crippen molar-refractivity contribution < 1.29 is 4.79 Å². The van der Waals surface area contributed by atoms with Crippen LogP contribution in [0.1, 0.15) is 24.2 Å². The Labute approximate surface area is 114 Å². The average Bonchev–Trinajstić information content (AvgIpc) is 2.71. The first-order valence-corrected chi connectivity index (χ1v) is 6.79. The molecule has 0 radical (unpaired) electrons. The van der Waals surface area contributed by atoms with E-state index in [1.54, 1.807) is 0 Å². The highest BCUT2D eigenvalue weighted by atomic mass is 16.2. The predicted octanol–water partition coefficient (Wildman–Crippen LogP) is -0.189. The summed E-state index contributed by atoms with van der Waals surface area (Å²) in [6, 6.07) is 0.00381. The zero-order chi connectivity index (χ0) is 13.8. The molecular weight excluding hydrogens is 242 g/mol. The SMILES string of the molecule is Cc1c(C(C)NC(=O)CN2CCNCC2)cnn1C. The van der Waals surface area contributed by atoms with Crippen molar-refractivity contribution in [2.24, 2.45) is 7.05 Å². The number of nitrogens with zero attached hydrogens (tertiary/aromatic N) is 3. The molecule has 1 aliphatic heterocycles. The largest absolute Gasteiger partial charge is 0.348 e. The zero-order valence-electron chi connectivity index (χ0n) is 11.9. The maximum absolute atomic E-state index is 12.0. The van der Waals surface area contributed by atoms with Crippen LogP contribution in [0.25, 0.3) is 0 Å². The van der Waals surface area contributed by atoms with Crippen LogP contribution in [0.3, 0.4) is 0 Å². The van der Waals surface area contributed by atoms with Gasteiger partial charge in [-0.25, -0.2) is 0 Å². The Balaban J connectivity index is 1.86. The summed E-state index contributed by atoms with van der Waals surface area (Å²) in [6.07, 6.45) is 1.82. The summed E-state index contributed by atoms with van der Waals surface area (Å²) in [7, 11) is 1.91. The lowest BCUT2D eigenvalue weighted by Crippen LogP contribution is -2.47. The molecule has 0 aliphatic carbocycles. The van der Waals surface area contributed by atoms with Crippen LogP contribution in [0, 0.1) is 6.92 Å². The van der Waals surface area contributed by atoms with Crippen molar-refractivity contribution in [3.8, 4) is 0 Å². The molecule has 1 fully saturated rings. The Morgan fingerprint density at radius 1 is 1.53 bits per heavy atom. The Hall–Kier alpha value is -1.40. The van der Waals surface area contributed by atoms with Crippen LogP contribution in [0.4, 0.5) is 0 Å². The van der Waals surface area contributed by atoms with Gasteiger partial charge in [-0.2, -0.15) is 5.10 Å². The highest BCUT2D eigenvalue weighted by Crippen LogP contribution is 2.15. The standard InChI is InChI=1S/C13H23N5O/c1-10(12-8-15-17(3)11(12)2)16-13(19)9-18-6-4-14-5-7-18/h8,10,14H,4-7,9H2,1-3H3,(H,16,19). The van der Waals surface area contributed by atoms with Gasteiger partial charge in [0, 0.05) is 44.5 Å². The van der Waals surface area contributed by atoms with Gasteiger partial charge in [0.1, 0.15) is 0 Å². The van der Waals surface area contributed by atoms with Crippen molar-refractivity contribution in [1.29, 1.82) is 0 Å². The molecule has 1 aromatic rings. The van der Waals surface area contributed by atoms with Crippen molar-refractivity contribution in [3.63, 3.8) is 0 Å². The Morgan fingerprint density at radius 2 is 2.21 bits per heavy atom. The molecule has 1 atom stereocenters. The van der Waals surface area contributed by atoms with Gasteiger partial charge in [-0.1, -0.05) is 0 Å². The zero-order valence-corrected chi connectivity index (χ0v) is 11.9. The van der Waals surface area contributed by atoms with Crippen LogP contribution in [-0.4, -0.2) is 53.3 Å². The molecule has 1 aromatic heterocycles. The second-order valence-corrected chi connectivity index (χ2v) is 5.12. The van der Waals surface area contributed by atoms with Gasteiger partial charge in [0.2, 0.25) is 5.91 Å². The molecule has 2 N–H and O–H groups in total. The molecule has 0 bridgehead atoms. The van der Waals surface area contributed by atoms with E-state index in [0.717, 1.165) is 37.4 Å². The normalized spacial score (nSPS) is 18.3. The number of aromatic nitrogens is 2. The third-order valence-corrected chi connectivity index (χ3v) is 3.69. The second kappa shape index (κ2) is 6.16. The minimum absolute atomic E-state index is 0.00381. The van der Waals surface area contributed by atoms with E-state index in [2.05, 4.69) is 20.6 Å². The van der Waals surface area contributed by atoms with Gasteiger partial charge in [0.25, 0.3) is 0 Å². The number of carbonyl (C=O) groups is 1. The molecule has 1 saturated heterocycles. The summed E-state index contributed by atoms with van der Waals surface area (Å²) in [6.45, 7) is 8.29. The van der Waals surface area contributed by atoms with Crippen molar-refractivity contribution in [1.82, 2.24) is 25.3 Å². The first-order valence-electron chi connectivity index (χ1n) is 6.79. The van der Waals surface area contributed by atoms with E-state index in [0.29, 0.717) is 6.54 Å². The van der Waals surface area contributed by atoms with Gasteiger partial charge in [0.05, 0.1) is 18.8 Å². The fourth-order valence-electron chi connectivity index (χ4n) is 2.38. The van der Waals surface area contributed by atoms with Crippen molar-refractivity contribution in [3.05, 3.63) is 17.5 Å². The first kappa shape index (κ1) is 14.0. The molecule has 106 valence electrons. The highest BCUT2D eigenvalue weighted by molar-refractivity contribution is 5.78. The fraction of sp³-hybridized carbons (Fsp3) is 0.692. The molecule has 6 heteroatoms. The average molecular weight is 265 g/mol. The number of hydrogen-bond donors (Lipinski definition) is 2. The molecule has 1 amide bonds. The third kappa shape index (κ3) is 3.54. The molecule has 1 aliphatic rings. The van der Waals surface area contributed by atoms with Crippen molar-refractivity contribution in [2.45, 2.75) is 19.9 Å². The summed E-state index contributed by atoms with van der Waals surface area (Å²) >= 11 is 0. The number of aryl methyl sites for hydroxylation is 1. The Bertz CT molecular complexity index is 436. The minimum Gasteiger partial charge on any atom is -0.348 e. The number of amides is 1. The number of piperazine rings is 1. The van der Waals surface area contributed by atoms with Crippen LogP contribution in [0.2, 0.25) is 0 Å². The van der Waals surface area contributed by atoms with Gasteiger partial charge in [-0.15, -0.1) is 0 Å². The van der Waals surface area contributed by atoms with Crippen LogP contribution in [0.15, 0.2) is 6.20 Å². The van der Waals surface area contributed by atoms with E-state index < -0.39 is 0 Å². The third-order valence-electron chi connectivity index (χ3n) is 3.69. The maximum Gasteiger partial charge on any atom is 0.234 e. The number of rotatable bonds is 4. The molecule has 0 spiro atoms. The molecule has 2 rings (SSSR count).